The fourth-order valence-corrected chi connectivity index (χ4v) is 2.62. The monoisotopic (exact) mass is 340 g/mol. The molecule has 8 heteroatoms. The second-order valence-electron chi connectivity index (χ2n) is 5.34. The Morgan fingerprint density at radius 1 is 1.41 bits per heavy atom. The Labute approximate surface area is 131 Å². The molecule has 1 amide bonds. The quantitative estimate of drug-likeness (QED) is 0.841. The Kier molecular flexibility index (Phi) is 5.81. The Hall–Kier alpha value is -1.34. The zero-order chi connectivity index (χ0) is 15.8. The number of alkyl halides is 3. The predicted octanol–water partition coefficient (Wildman–Crippen LogP) is 3.08. The van der Waals surface area contributed by atoms with E-state index in [9.17, 15) is 22.4 Å². The molecule has 0 aromatic heterocycles. The summed E-state index contributed by atoms with van der Waals surface area (Å²) >= 11 is 0. The molecule has 0 radical (unpaired) electrons. The molecule has 0 aliphatic carbocycles. The smallest absolute Gasteiger partial charge is 0.336 e. The summed E-state index contributed by atoms with van der Waals surface area (Å²) in [6, 6.07) is 1.71. The highest BCUT2D eigenvalue weighted by Gasteiger charge is 2.36. The van der Waals surface area contributed by atoms with E-state index in [2.05, 4.69) is 0 Å². The Balaban J connectivity index is 0.00000242. The van der Waals surface area contributed by atoms with Crippen LogP contribution in [0.5, 0.6) is 0 Å². The van der Waals surface area contributed by atoms with Gasteiger partial charge in [-0.25, -0.2) is 4.39 Å². The number of hydrogen-bond donors (Lipinski definition) is 1. The highest BCUT2D eigenvalue weighted by Crippen LogP contribution is 2.31. The van der Waals surface area contributed by atoms with E-state index < -0.39 is 29.0 Å². The SMILES string of the molecule is CC1CC(CN)CN1C(=O)c1cc(C(F)(F)F)ccc1F.Cl. The summed E-state index contributed by atoms with van der Waals surface area (Å²) in [5.41, 5.74) is 3.97. The molecule has 2 N–H and O–H groups in total. The first-order chi connectivity index (χ1) is 9.74. The van der Waals surface area contributed by atoms with E-state index in [4.69, 9.17) is 5.73 Å². The van der Waals surface area contributed by atoms with Crippen molar-refractivity contribution in [2.75, 3.05) is 13.1 Å². The first kappa shape index (κ1) is 18.7. The summed E-state index contributed by atoms with van der Waals surface area (Å²) in [6.07, 6.45) is -3.94. The van der Waals surface area contributed by atoms with E-state index in [1.54, 1.807) is 6.92 Å². The summed E-state index contributed by atoms with van der Waals surface area (Å²) in [6.45, 7) is 2.50. The molecule has 124 valence electrons. The van der Waals surface area contributed by atoms with Crippen molar-refractivity contribution in [3.63, 3.8) is 0 Å². The topological polar surface area (TPSA) is 46.3 Å². The molecule has 1 aromatic carbocycles. The van der Waals surface area contributed by atoms with Gasteiger partial charge < -0.3 is 10.6 Å². The molecule has 1 saturated heterocycles. The molecular weight excluding hydrogens is 324 g/mol. The number of carbonyl (C=O) groups is 1. The number of hydrogen-bond acceptors (Lipinski definition) is 2. The Morgan fingerprint density at radius 3 is 2.55 bits per heavy atom. The lowest BCUT2D eigenvalue weighted by Gasteiger charge is -2.22. The lowest BCUT2D eigenvalue weighted by molar-refractivity contribution is -0.137. The molecule has 0 saturated carbocycles. The van der Waals surface area contributed by atoms with Gasteiger partial charge in [-0.2, -0.15) is 13.2 Å². The van der Waals surface area contributed by atoms with E-state index in [0.717, 1.165) is 0 Å². The third-order valence-corrected chi connectivity index (χ3v) is 3.78. The minimum Gasteiger partial charge on any atom is -0.336 e. The first-order valence-electron chi connectivity index (χ1n) is 6.61. The van der Waals surface area contributed by atoms with Crippen LogP contribution in [0.3, 0.4) is 0 Å². The Bertz CT molecular complexity index is 550. The van der Waals surface area contributed by atoms with Crippen molar-refractivity contribution in [1.29, 1.82) is 0 Å². The fourth-order valence-electron chi connectivity index (χ4n) is 2.62. The molecule has 1 heterocycles. The molecule has 2 rings (SSSR count). The van der Waals surface area contributed by atoms with Gasteiger partial charge in [0.2, 0.25) is 0 Å². The number of nitrogens with zero attached hydrogens (tertiary/aromatic N) is 1. The normalized spacial score (nSPS) is 21.6. The van der Waals surface area contributed by atoms with Crippen LogP contribution in [0.15, 0.2) is 18.2 Å². The molecule has 3 nitrogen and oxygen atoms in total. The fraction of sp³-hybridized carbons (Fsp3) is 0.500. The van der Waals surface area contributed by atoms with Crippen LogP contribution in [0.1, 0.15) is 29.3 Å². The molecule has 22 heavy (non-hydrogen) atoms. The maximum atomic E-state index is 13.7. The minimum absolute atomic E-state index is 0. The van der Waals surface area contributed by atoms with Gasteiger partial charge in [-0.15, -0.1) is 12.4 Å². The van der Waals surface area contributed by atoms with E-state index in [-0.39, 0.29) is 24.4 Å². The van der Waals surface area contributed by atoms with Crippen LogP contribution in [-0.2, 0) is 6.18 Å². The van der Waals surface area contributed by atoms with Gasteiger partial charge in [0.1, 0.15) is 5.82 Å². The third-order valence-electron chi connectivity index (χ3n) is 3.78. The van der Waals surface area contributed by atoms with E-state index >= 15 is 0 Å². The van der Waals surface area contributed by atoms with Crippen LogP contribution in [-0.4, -0.2) is 29.9 Å². The summed E-state index contributed by atoms with van der Waals surface area (Å²) in [5.74, 6) is -1.57. The average Bonchev–Trinajstić information content (AvgIpc) is 2.78. The molecule has 1 aliphatic heterocycles. The minimum atomic E-state index is -4.61. The van der Waals surface area contributed by atoms with Crippen molar-refractivity contribution in [3.05, 3.63) is 35.1 Å². The molecule has 2 atom stereocenters. The average molecular weight is 341 g/mol. The van der Waals surface area contributed by atoms with Crippen LogP contribution in [0, 0.1) is 11.7 Å². The van der Waals surface area contributed by atoms with E-state index in [0.29, 0.717) is 37.7 Å². The van der Waals surface area contributed by atoms with Gasteiger partial charge >= 0.3 is 6.18 Å². The van der Waals surface area contributed by atoms with Gasteiger partial charge in [0.15, 0.2) is 0 Å². The van der Waals surface area contributed by atoms with Crippen molar-refractivity contribution in [2.45, 2.75) is 25.6 Å². The van der Waals surface area contributed by atoms with Crippen molar-refractivity contribution < 1.29 is 22.4 Å². The summed E-state index contributed by atoms with van der Waals surface area (Å²) < 4.78 is 51.7. The van der Waals surface area contributed by atoms with Crippen LogP contribution >= 0.6 is 12.4 Å². The van der Waals surface area contributed by atoms with Gasteiger partial charge in [-0.05, 0) is 44.0 Å². The van der Waals surface area contributed by atoms with Gasteiger partial charge in [0.25, 0.3) is 5.91 Å². The second kappa shape index (κ2) is 6.83. The van der Waals surface area contributed by atoms with Crippen LogP contribution in [0.25, 0.3) is 0 Å². The first-order valence-corrected chi connectivity index (χ1v) is 6.61. The van der Waals surface area contributed by atoms with E-state index in [1.165, 1.54) is 4.90 Å². The van der Waals surface area contributed by atoms with Gasteiger partial charge in [0, 0.05) is 12.6 Å². The summed E-state index contributed by atoms with van der Waals surface area (Å²) in [7, 11) is 0. The number of rotatable bonds is 2. The maximum absolute atomic E-state index is 13.7. The standard InChI is InChI=1S/C14H16F4N2O.ClH/c1-8-4-9(6-19)7-20(8)13(21)11-5-10(14(16,17)18)2-3-12(11)15;/h2-3,5,8-9H,4,6-7,19H2,1H3;1H. The summed E-state index contributed by atoms with van der Waals surface area (Å²) in [5, 5.41) is 0. The molecule has 2 unspecified atom stereocenters. The number of halogens is 5. The number of nitrogens with two attached hydrogens (primary N) is 1. The molecule has 1 fully saturated rings. The molecular formula is C14H17ClF4N2O. The molecule has 1 aromatic rings. The van der Waals surface area contributed by atoms with Crippen molar-refractivity contribution in [2.24, 2.45) is 11.7 Å². The Morgan fingerprint density at radius 2 is 2.05 bits per heavy atom. The molecule has 1 aliphatic rings. The van der Waals surface area contributed by atoms with Crippen LogP contribution in [0.4, 0.5) is 17.6 Å². The highest BCUT2D eigenvalue weighted by molar-refractivity contribution is 5.95. The number of likely N-dealkylation sites (tertiary alicyclic amines) is 1. The van der Waals surface area contributed by atoms with Crippen molar-refractivity contribution in [1.82, 2.24) is 4.90 Å². The van der Waals surface area contributed by atoms with Crippen molar-refractivity contribution >= 4 is 18.3 Å². The number of carbonyl (C=O) groups excluding carboxylic acids is 1. The van der Waals surface area contributed by atoms with Crippen LogP contribution in [0.2, 0.25) is 0 Å². The molecule has 0 bridgehead atoms. The lowest BCUT2D eigenvalue weighted by atomic mass is 10.1. The van der Waals surface area contributed by atoms with E-state index in [1.807, 2.05) is 0 Å². The largest absolute Gasteiger partial charge is 0.416 e. The maximum Gasteiger partial charge on any atom is 0.416 e. The highest BCUT2D eigenvalue weighted by atomic mass is 35.5. The van der Waals surface area contributed by atoms with Crippen LogP contribution < -0.4 is 5.73 Å². The lowest BCUT2D eigenvalue weighted by Crippen LogP contribution is -2.35. The summed E-state index contributed by atoms with van der Waals surface area (Å²) in [4.78, 5) is 13.7. The molecule has 0 spiro atoms. The van der Waals surface area contributed by atoms with Crippen molar-refractivity contribution in [3.8, 4) is 0 Å². The third kappa shape index (κ3) is 3.70. The number of benzene rings is 1. The van der Waals surface area contributed by atoms with Gasteiger partial charge in [-0.3, -0.25) is 4.79 Å². The second-order valence-corrected chi connectivity index (χ2v) is 5.34. The van der Waals surface area contributed by atoms with Gasteiger partial charge in [0.05, 0.1) is 11.1 Å². The number of amides is 1. The predicted molar refractivity (Wildman–Crippen MR) is 76.3 cm³/mol. The van der Waals surface area contributed by atoms with Gasteiger partial charge in [-0.1, -0.05) is 0 Å². The zero-order valence-electron chi connectivity index (χ0n) is 11.9. The zero-order valence-corrected chi connectivity index (χ0v) is 12.7.